The van der Waals surface area contributed by atoms with Gasteiger partial charge in [0.2, 0.25) is 21.8 Å². The lowest BCUT2D eigenvalue weighted by molar-refractivity contribution is 0.103. The van der Waals surface area contributed by atoms with Crippen LogP contribution in [0.3, 0.4) is 0 Å². The number of hydrogen-bond acceptors (Lipinski definition) is 6. The number of carbonyl (C=O) groups is 1. The van der Waals surface area contributed by atoms with E-state index in [0.717, 1.165) is 22.2 Å². The van der Waals surface area contributed by atoms with E-state index in [0.29, 0.717) is 0 Å². The van der Waals surface area contributed by atoms with Crippen LogP contribution in [0.25, 0.3) is 11.2 Å². The number of benzene rings is 1. The Morgan fingerprint density at radius 2 is 1.85 bits per heavy atom. The van der Waals surface area contributed by atoms with E-state index in [-0.39, 0.29) is 22.8 Å². The maximum atomic E-state index is 13.9. The van der Waals surface area contributed by atoms with Crippen molar-refractivity contribution < 1.29 is 22.0 Å². The van der Waals surface area contributed by atoms with Crippen LogP contribution in [0.15, 0.2) is 30.3 Å². The maximum absolute atomic E-state index is 13.9. The average Bonchev–Trinajstić information content (AvgIpc) is 3.01. The second kappa shape index (κ2) is 6.69. The molecule has 7 nitrogen and oxygen atoms in total. The van der Waals surface area contributed by atoms with Gasteiger partial charge in [0, 0.05) is 7.05 Å². The Balaban J connectivity index is 2.23. The van der Waals surface area contributed by atoms with Crippen LogP contribution in [-0.4, -0.2) is 40.4 Å². The van der Waals surface area contributed by atoms with Gasteiger partial charge < -0.3 is 5.32 Å². The first-order valence-corrected chi connectivity index (χ1v) is 9.48. The highest BCUT2D eigenvalue weighted by atomic mass is 32.2. The zero-order valence-corrected chi connectivity index (χ0v) is 15.5. The van der Waals surface area contributed by atoms with E-state index < -0.39 is 38.3 Å². The van der Waals surface area contributed by atoms with Crippen molar-refractivity contribution in [2.24, 2.45) is 0 Å². The number of imidazole rings is 1. The predicted octanol–water partition coefficient (Wildman–Crippen LogP) is 2.57. The first kappa shape index (κ1) is 18.9. The lowest BCUT2D eigenvalue weighted by atomic mass is 10.1. The summed E-state index contributed by atoms with van der Waals surface area (Å²) in [4.78, 5) is 20.8. The molecule has 0 spiro atoms. The third kappa shape index (κ3) is 3.16. The largest absolute Gasteiger partial charge is 0.358 e. The molecule has 27 heavy (non-hydrogen) atoms. The van der Waals surface area contributed by atoms with Gasteiger partial charge in [0.25, 0.3) is 0 Å². The van der Waals surface area contributed by atoms with Crippen molar-refractivity contribution in [3.05, 3.63) is 53.2 Å². The van der Waals surface area contributed by atoms with Crippen LogP contribution >= 0.6 is 0 Å². The Kier molecular flexibility index (Phi) is 4.68. The number of carbonyl (C=O) groups excluding carboxylic acids is 1. The zero-order valence-electron chi connectivity index (χ0n) is 14.7. The Labute approximate surface area is 154 Å². The summed E-state index contributed by atoms with van der Waals surface area (Å²) >= 11 is 0. The molecule has 0 aliphatic carbocycles. The van der Waals surface area contributed by atoms with Gasteiger partial charge >= 0.3 is 0 Å². The minimum Gasteiger partial charge on any atom is -0.358 e. The number of ketones is 1. The molecule has 142 valence electrons. The van der Waals surface area contributed by atoms with Crippen molar-refractivity contribution in [3.8, 4) is 0 Å². The van der Waals surface area contributed by atoms with E-state index in [2.05, 4.69) is 15.3 Å². The Morgan fingerprint density at radius 1 is 1.15 bits per heavy atom. The third-order valence-electron chi connectivity index (χ3n) is 3.95. The molecule has 0 fully saturated rings. The topological polar surface area (TPSA) is 93.9 Å². The van der Waals surface area contributed by atoms with Crippen LogP contribution in [0.5, 0.6) is 0 Å². The average molecular weight is 394 g/mol. The molecular weight excluding hydrogens is 378 g/mol. The highest BCUT2D eigenvalue weighted by molar-refractivity contribution is 7.90. The summed E-state index contributed by atoms with van der Waals surface area (Å²) < 4.78 is 53.6. The molecule has 0 aliphatic rings. The number of aromatic nitrogens is 3. The molecule has 2 heterocycles. The molecule has 3 aromatic rings. The molecule has 0 aliphatic heterocycles. The summed E-state index contributed by atoms with van der Waals surface area (Å²) in [7, 11) is -2.34. The van der Waals surface area contributed by atoms with Crippen molar-refractivity contribution in [1.29, 1.82) is 0 Å². The first-order valence-electron chi connectivity index (χ1n) is 7.98. The third-order valence-corrected chi connectivity index (χ3v) is 5.99. The maximum Gasteiger partial charge on any atom is 0.245 e. The second-order valence-corrected chi connectivity index (χ2v) is 8.37. The fourth-order valence-corrected chi connectivity index (χ4v) is 3.65. The number of anilines is 1. The summed E-state index contributed by atoms with van der Waals surface area (Å²) in [6.45, 7) is 3.00. The Morgan fingerprint density at radius 3 is 2.48 bits per heavy atom. The lowest BCUT2D eigenvalue weighted by Gasteiger charge is -2.12. The van der Waals surface area contributed by atoms with Crippen LogP contribution in [0.2, 0.25) is 0 Å². The molecule has 0 saturated carbocycles. The Bertz CT molecular complexity index is 1160. The summed E-state index contributed by atoms with van der Waals surface area (Å²) in [5, 5.41) is 1.91. The van der Waals surface area contributed by atoms with E-state index in [1.807, 2.05) is 0 Å². The lowest BCUT2D eigenvalue weighted by Crippen LogP contribution is -2.24. The second-order valence-electron chi connectivity index (χ2n) is 6.04. The highest BCUT2D eigenvalue weighted by Gasteiger charge is 2.27. The summed E-state index contributed by atoms with van der Waals surface area (Å²) in [6.07, 6.45) is 0. The number of pyridine rings is 1. The van der Waals surface area contributed by atoms with E-state index >= 15 is 0 Å². The molecular formula is C17H16F2N4O3S. The van der Waals surface area contributed by atoms with Crippen molar-refractivity contribution in [3.63, 3.8) is 0 Å². The van der Waals surface area contributed by atoms with E-state index in [9.17, 15) is 22.0 Å². The van der Waals surface area contributed by atoms with Crippen LogP contribution < -0.4 is 5.32 Å². The summed E-state index contributed by atoms with van der Waals surface area (Å²) in [5.41, 5.74) is -0.557. The molecule has 3 rings (SSSR count). The van der Waals surface area contributed by atoms with Gasteiger partial charge in [-0.05, 0) is 44.2 Å². The molecule has 0 atom stereocenters. The van der Waals surface area contributed by atoms with Gasteiger partial charge in [-0.1, -0.05) is 0 Å². The molecule has 0 bridgehead atoms. The zero-order chi connectivity index (χ0) is 19.9. The molecule has 10 heteroatoms. The predicted molar refractivity (Wildman–Crippen MR) is 96.3 cm³/mol. The fourth-order valence-electron chi connectivity index (χ4n) is 2.48. The highest BCUT2D eigenvalue weighted by Crippen LogP contribution is 2.24. The number of rotatable bonds is 5. The van der Waals surface area contributed by atoms with Gasteiger partial charge in [0.05, 0.1) is 10.8 Å². The standard InChI is InChI=1S/C17H16F2N4O3S/c1-9(2)27(25,26)23-16-14(22-17(23)20-3)7-6-13(21-16)15(24)11-8-10(18)4-5-12(11)19/h4-9H,1-3H3,(H,20,22). The Hall–Kier alpha value is -2.88. The van der Waals surface area contributed by atoms with Crippen LogP contribution in [-0.2, 0) is 10.0 Å². The molecule has 1 aromatic carbocycles. The minimum atomic E-state index is -3.84. The summed E-state index contributed by atoms with van der Waals surface area (Å²) in [6, 6.07) is 5.19. The van der Waals surface area contributed by atoms with E-state index in [1.165, 1.54) is 33.0 Å². The van der Waals surface area contributed by atoms with Gasteiger partial charge in [0.1, 0.15) is 22.8 Å². The summed E-state index contributed by atoms with van der Waals surface area (Å²) in [5.74, 6) is -2.50. The van der Waals surface area contributed by atoms with E-state index in [4.69, 9.17) is 0 Å². The van der Waals surface area contributed by atoms with Crippen LogP contribution in [0.1, 0.15) is 29.9 Å². The van der Waals surface area contributed by atoms with Gasteiger partial charge in [0.15, 0.2) is 5.65 Å². The molecule has 0 amide bonds. The molecule has 0 radical (unpaired) electrons. The molecule has 1 N–H and O–H groups in total. The fraction of sp³-hybridized carbons (Fsp3) is 0.235. The molecule has 0 unspecified atom stereocenters. The monoisotopic (exact) mass is 394 g/mol. The van der Waals surface area contributed by atoms with Crippen molar-refractivity contribution >= 4 is 32.9 Å². The molecule has 0 saturated heterocycles. The molecule has 2 aromatic heterocycles. The number of nitrogens with one attached hydrogen (secondary N) is 1. The van der Waals surface area contributed by atoms with Gasteiger partial charge in [-0.3, -0.25) is 4.79 Å². The van der Waals surface area contributed by atoms with Crippen LogP contribution in [0, 0.1) is 11.6 Å². The first-order chi connectivity index (χ1) is 12.7. The number of fused-ring (bicyclic) bond motifs is 1. The quantitative estimate of drug-likeness (QED) is 0.669. The van der Waals surface area contributed by atoms with Gasteiger partial charge in [-0.15, -0.1) is 0 Å². The van der Waals surface area contributed by atoms with Crippen LogP contribution in [0.4, 0.5) is 14.7 Å². The minimum absolute atomic E-state index is 0.0349. The number of nitrogens with zero attached hydrogens (tertiary/aromatic N) is 3. The van der Waals surface area contributed by atoms with Crippen molar-refractivity contribution in [2.45, 2.75) is 19.1 Å². The van der Waals surface area contributed by atoms with Gasteiger partial charge in [-0.2, -0.15) is 3.97 Å². The van der Waals surface area contributed by atoms with Crippen molar-refractivity contribution in [2.75, 3.05) is 12.4 Å². The van der Waals surface area contributed by atoms with E-state index in [1.54, 1.807) is 0 Å². The number of halogens is 2. The normalized spacial score (nSPS) is 11.9. The van der Waals surface area contributed by atoms with Crippen molar-refractivity contribution in [1.82, 2.24) is 13.9 Å². The number of hydrogen-bond donors (Lipinski definition) is 1. The SMILES string of the molecule is CNc1nc2ccc(C(=O)c3cc(F)ccc3F)nc2n1S(=O)(=O)C(C)C. The smallest absolute Gasteiger partial charge is 0.245 e. The van der Waals surface area contributed by atoms with Gasteiger partial charge in [-0.25, -0.2) is 27.2 Å².